The molecular weight excluding hydrogens is 380 g/mol. The predicted octanol–water partition coefficient (Wildman–Crippen LogP) is 3.60. The summed E-state index contributed by atoms with van der Waals surface area (Å²) >= 11 is 0.801. The highest BCUT2D eigenvalue weighted by Gasteiger charge is 2.42. The number of nitrogens with zero attached hydrogens (tertiary/aromatic N) is 1. The van der Waals surface area contributed by atoms with E-state index in [1.807, 2.05) is 19.9 Å². The van der Waals surface area contributed by atoms with Gasteiger partial charge in [-0.3, -0.25) is 14.4 Å². The lowest BCUT2D eigenvalue weighted by atomic mass is 10.1. The van der Waals surface area contributed by atoms with E-state index in [1.165, 1.54) is 12.1 Å². The molecule has 1 aliphatic heterocycles. The Balaban J connectivity index is 1.75. The zero-order valence-electron chi connectivity index (χ0n) is 15.3. The van der Waals surface area contributed by atoms with Crippen LogP contribution >= 0.6 is 11.8 Å². The number of benzene rings is 2. The number of aromatic carboxylic acids is 1. The van der Waals surface area contributed by atoms with Gasteiger partial charge in [0.05, 0.1) is 16.9 Å². The number of thioether (sulfide) groups is 1. The van der Waals surface area contributed by atoms with Crippen molar-refractivity contribution < 1.29 is 24.3 Å². The van der Waals surface area contributed by atoms with E-state index in [9.17, 15) is 24.3 Å². The fourth-order valence-corrected chi connectivity index (χ4v) is 3.91. The Bertz CT molecular complexity index is 988. The molecule has 0 radical (unpaired) electrons. The van der Waals surface area contributed by atoms with Gasteiger partial charge >= 0.3 is 5.97 Å². The third-order valence-corrected chi connectivity index (χ3v) is 5.58. The van der Waals surface area contributed by atoms with E-state index in [0.717, 1.165) is 27.8 Å². The first-order valence-corrected chi connectivity index (χ1v) is 9.40. The van der Waals surface area contributed by atoms with Crippen LogP contribution in [-0.4, -0.2) is 33.4 Å². The summed E-state index contributed by atoms with van der Waals surface area (Å²) in [5.41, 5.74) is 2.39. The van der Waals surface area contributed by atoms with Gasteiger partial charge in [-0.2, -0.15) is 0 Å². The third-order valence-electron chi connectivity index (χ3n) is 4.54. The predicted molar refractivity (Wildman–Crippen MR) is 107 cm³/mol. The number of aryl methyl sites for hydroxylation is 1. The highest BCUT2D eigenvalue weighted by Crippen LogP contribution is 2.35. The smallest absolute Gasteiger partial charge is 0.337 e. The minimum atomic E-state index is -1.17. The van der Waals surface area contributed by atoms with Crippen molar-refractivity contribution in [3.8, 4) is 0 Å². The Morgan fingerprint density at radius 2 is 1.82 bits per heavy atom. The van der Waals surface area contributed by atoms with Gasteiger partial charge in [0.2, 0.25) is 11.8 Å². The summed E-state index contributed by atoms with van der Waals surface area (Å²) < 4.78 is 0. The molecule has 0 aliphatic carbocycles. The molecule has 8 heteroatoms. The van der Waals surface area contributed by atoms with Gasteiger partial charge in [-0.05, 0) is 54.9 Å². The van der Waals surface area contributed by atoms with Crippen LogP contribution in [0.4, 0.5) is 16.2 Å². The summed E-state index contributed by atoms with van der Waals surface area (Å²) in [6, 6.07) is 11.4. The maximum Gasteiger partial charge on any atom is 0.337 e. The van der Waals surface area contributed by atoms with Gasteiger partial charge in [0, 0.05) is 6.42 Å². The normalized spacial score (nSPS) is 16.4. The van der Waals surface area contributed by atoms with Gasteiger partial charge in [0.1, 0.15) is 5.25 Å². The number of amides is 3. The monoisotopic (exact) mass is 398 g/mol. The van der Waals surface area contributed by atoms with Crippen molar-refractivity contribution in [2.75, 3.05) is 10.2 Å². The summed E-state index contributed by atoms with van der Waals surface area (Å²) in [6.07, 6.45) is -0.232. The van der Waals surface area contributed by atoms with Gasteiger partial charge in [-0.15, -0.1) is 0 Å². The van der Waals surface area contributed by atoms with Crippen molar-refractivity contribution >= 4 is 46.2 Å². The number of anilines is 2. The molecule has 2 N–H and O–H groups in total. The number of para-hydroxylation sites is 1. The zero-order valence-corrected chi connectivity index (χ0v) is 16.1. The number of hydrogen-bond donors (Lipinski definition) is 2. The van der Waals surface area contributed by atoms with Crippen LogP contribution in [0, 0.1) is 13.8 Å². The lowest BCUT2D eigenvalue weighted by Crippen LogP contribution is -2.33. The number of carbonyl (C=O) groups excluding carboxylic acids is 3. The van der Waals surface area contributed by atoms with Gasteiger partial charge in [0.25, 0.3) is 5.24 Å². The van der Waals surface area contributed by atoms with Crippen LogP contribution < -0.4 is 10.2 Å². The van der Waals surface area contributed by atoms with Crippen LogP contribution in [0.1, 0.15) is 27.9 Å². The molecule has 2 aromatic carbocycles. The summed E-state index contributed by atoms with van der Waals surface area (Å²) in [6.45, 7) is 3.72. The van der Waals surface area contributed by atoms with Gasteiger partial charge < -0.3 is 10.4 Å². The molecule has 144 valence electrons. The Kier molecular flexibility index (Phi) is 5.51. The molecule has 0 bridgehead atoms. The fourth-order valence-electron chi connectivity index (χ4n) is 2.93. The summed E-state index contributed by atoms with van der Waals surface area (Å²) in [5, 5.41) is 10.4. The molecule has 3 rings (SSSR count). The fraction of sp³-hybridized carbons (Fsp3) is 0.200. The van der Waals surface area contributed by atoms with Crippen LogP contribution in [0.5, 0.6) is 0 Å². The van der Waals surface area contributed by atoms with Gasteiger partial charge in [0.15, 0.2) is 0 Å². The van der Waals surface area contributed by atoms with Crippen molar-refractivity contribution in [3.63, 3.8) is 0 Å². The van der Waals surface area contributed by atoms with E-state index in [4.69, 9.17) is 0 Å². The van der Waals surface area contributed by atoms with Crippen molar-refractivity contribution in [2.24, 2.45) is 0 Å². The second kappa shape index (κ2) is 7.85. The molecule has 0 spiro atoms. The number of carboxylic acid groups (broad SMARTS) is 1. The standard InChI is InChI=1S/C20H18N2O5S/c1-11-6-5-9-15(12(11)2)22-18(24)16(28-20(22)27)10-17(23)21-14-8-4-3-7-13(14)19(25)26/h3-9,16H,10H2,1-2H3,(H,21,23)(H,25,26). The second-order valence-electron chi connectivity index (χ2n) is 6.37. The lowest BCUT2D eigenvalue weighted by Gasteiger charge is -2.17. The number of imide groups is 1. The first kappa shape index (κ1) is 19.6. The van der Waals surface area contributed by atoms with Crippen LogP contribution in [0.15, 0.2) is 42.5 Å². The van der Waals surface area contributed by atoms with Crippen molar-refractivity contribution in [2.45, 2.75) is 25.5 Å². The molecule has 1 atom stereocenters. The summed E-state index contributed by atoms with van der Waals surface area (Å²) in [4.78, 5) is 49.9. The van der Waals surface area contributed by atoms with Gasteiger partial charge in [-0.25, -0.2) is 9.69 Å². The molecule has 7 nitrogen and oxygen atoms in total. The highest BCUT2D eigenvalue weighted by molar-refractivity contribution is 8.15. The zero-order chi connectivity index (χ0) is 20.4. The Labute approximate surface area is 165 Å². The average molecular weight is 398 g/mol. The van der Waals surface area contributed by atoms with E-state index in [0.29, 0.717) is 5.69 Å². The van der Waals surface area contributed by atoms with E-state index in [-0.39, 0.29) is 17.7 Å². The quantitative estimate of drug-likeness (QED) is 0.798. The number of nitrogens with one attached hydrogen (secondary N) is 1. The summed E-state index contributed by atoms with van der Waals surface area (Å²) in [5.74, 6) is -2.15. The van der Waals surface area contributed by atoms with Crippen molar-refractivity contribution in [1.82, 2.24) is 0 Å². The number of rotatable bonds is 5. The van der Waals surface area contributed by atoms with E-state index < -0.39 is 28.3 Å². The Morgan fingerprint density at radius 1 is 1.11 bits per heavy atom. The van der Waals surface area contributed by atoms with Crippen LogP contribution in [-0.2, 0) is 9.59 Å². The van der Waals surface area contributed by atoms with Crippen molar-refractivity contribution in [1.29, 1.82) is 0 Å². The maximum atomic E-state index is 12.8. The molecule has 2 aromatic rings. The maximum absolute atomic E-state index is 12.8. The topological polar surface area (TPSA) is 104 Å². The van der Waals surface area contributed by atoms with Crippen LogP contribution in [0.2, 0.25) is 0 Å². The van der Waals surface area contributed by atoms with Crippen LogP contribution in [0.25, 0.3) is 0 Å². The number of carbonyl (C=O) groups is 4. The van der Waals surface area contributed by atoms with E-state index in [1.54, 1.807) is 24.3 Å². The van der Waals surface area contributed by atoms with E-state index >= 15 is 0 Å². The number of carboxylic acids is 1. The molecule has 0 saturated carbocycles. The largest absolute Gasteiger partial charge is 0.478 e. The number of hydrogen-bond acceptors (Lipinski definition) is 5. The minimum absolute atomic E-state index is 0.0469. The molecule has 3 amide bonds. The SMILES string of the molecule is Cc1cccc(N2C(=O)SC(CC(=O)Nc3ccccc3C(=O)O)C2=O)c1C. The van der Waals surface area contributed by atoms with Crippen LogP contribution in [0.3, 0.4) is 0 Å². The highest BCUT2D eigenvalue weighted by atomic mass is 32.2. The molecule has 0 aromatic heterocycles. The summed E-state index contributed by atoms with van der Waals surface area (Å²) in [7, 11) is 0. The molecule has 1 saturated heterocycles. The molecule has 28 heavy (non-hydrogen) atoms. The molecule has 1 unspecified atom stereocenters. The third kappa shape index (κ3) is 3.77. The lowest BCUT2D eigenvalue weighted by molar-refractivity contribution is -0.121. The van der Waals surface area contributed by atoms with E-state index in [2.05, 4.69) is 5.32 Å². The first-order valence-electron chi connectivity index (χ1n) is 8.52. The molecule has 1 heterocycles. The first-order chi connectivity index (χ1) is 13.3. The minimum Gasteiger partial charge on any atom is -0.478 e. The molecule has 1 aliphatic rings. The second-order valence-corrected chi connectivity index (χ2v) is 7.52. The van der Waals surface area contributed by atoms with Crippen molar-refractivity contribution in [3.05, 3.63) is 59.2 Å². The molecule has 1 fully saturated rings. The molecular formula is C20H18N2O5S. The van der Waals surface area contributed by atoms with Gasteiger partial charge in [-0.1, -0.05) is 24.3 Å². The Hall–Kier alpha value is -3.13. The Morgan fingerprint density at radius 3 is 2.54 bits per heavy atom. The average Bonchev–Trinajstić information content (AvgIpc) is 2.91.